The van der Waals surface area contributed by atoms with Gasteiger partial charge in [-0.25, -0.2) is 0 Å². The fourth-order valence-electron chi connectivity index (χ4n) is 1.61. The number of carboxylic acids is 1. The SMILES string of the molecule is Cl.N=c1c[n+](N2CCC[C@H]2C(=O)O)[n-]o1. The Morgan fingerprint density at radius 1 is 1.80 bits per heavy atom. The van der Waals surface area contributed by atoms with Crippen LogP contribution in [0.25, 0.3) is 0 Å². The molecule has 0 amide bonds. The molecule has 0 saturated carbocycles. The smallest absolute Gasteiger partial charge is 0.311 e. The van der Waals surface area contributed by atoms with Gasteiger partial charge in [0.2, 0.25) is 0 Å². The fourth-order valence-corrected chi connectivity index (χ4v) is 1.61. The van der Waals surface area contributed by atoms with Crippen molar-refractivity contribution in [2.24, 2.45) is 0 Å². The van der Waals surface area contributed by atoms with E-state index in [1.165, 1.54) is 11.0 Å². The molecule has 0 bridgehead atoms. The van der Waals surface area contributed by atoms with Gasteiger partial charge in [-0.1, -0.05) is 4.79 Å². The van der Waals surface area contributed by atoms with Gasteiger partial charge in [-0.05, 0) is 18.1 Å². The molecule has 2 rings (SSSR count). The van der Waals surface area contributed by atoms with Crippen LogP contribution in [0, 0.1) is 5.41 Å². The van der Waals surface area contributed by atoms with Gasteiger partial charge in [0, 0.05) is 6.54 Å². The number of carbonyl (C=O) groups is 1. The molecule has 0 spiro atoms. The second kappa shape index (κ2) is 4.35. The third-order valence-electron chi connectivity index (χ3n) is 2.23. The van der Waals surface area contributed by atoms with E-state index in [2.05, 4.69) is 9.79 Å². The Labute approximate surface area is 91.1 Å². The first-order valence-electron chi connectivity index (χ1n) is 4.28. The van der Waals surface area contributed by atoms with E-state index in [4.69, 9.17) is 10.5 Å². The van der Waals surface area contributed by atoms with Crippen LogP contribution >= 0.6 is 12.4 Å². The topological polar surface area (TPSA) is 95.5 Å². The van der Waals surface area contributed by atoms with E-state index in [9.17, 15) is 4.79 Å². The Morgan fingerprint density at radius 3 is 3.07 bits per heavy atom. The highest BCUT2D eigenvalue weighted by Crippen LogP contribution is 2.11. The van der Waals surface area contributed by atoms with Crippen LogP contribution in [-0.2, 0) is 4.79 Å². The lowest BCUT2D eigenvalue weighted by Crippen LogP contribution is -2.63. The monoisotopic (exact) mass is 234 g/mol. The van der Waals surface area contributed by atoms with Gasteiger partial charge in [0.15, 0.2) is 0 Å². The molecular formula is C7H11ClN4O3. The van der Waals surface area contributed by atoms with Crippen molar-refractivity contribution in [3.8, 4) is 0 Å². The number of aliphatic carboxylic acids is 1. The third kappa shape index (κ3) is 2.12. The van der Waals surface area contributed by atoms with Crippen LogP contribution in [0.5, 0.6) is 0 Å². The largest absolute Gasteiger partial charge is 0.481 e. The minimum Gasteiger partial charge on any atom is -0.481 e. The maximum absolute atomic E-state index is 10.8. The maximum Gasteiger partial charge on any atom is 0.311 e. The lowest BCUT2D eigenvalue weighted by molar-refractivity contribution is -0.764. The summed E-state index contributed by atoms with van der Waals surface area (Å²) in [6.07, 6.45) is 2.76. The Kier molecular flexibility index (Phi) is 3.35. The van der Waals surface area contributed by atoms with Crippen LogP contribution in [0.2, 0.25) is 0 Å². The number of hydrogen-bond acceptors (Lipinski definition) is 4. The van der Waals surface area contributed by atoms with Gasteiger partial charge in [-0.3, -0.25) is 15.2 Å². The van der Waals surface area contributed by atoms with Gasteiger partial charge in [-0.2, -0.15) is 0 Å². The highest BCUT2D eigenvalue weighted by Gasteiger charge is 2.30. The molecule has 1 atom stereocenters. The van der Waals surface area contributed by atoms with E-state index in [-0.39, 0.29) is 18.0 Å². The molecule has 1 aliphatic rings. The van der Waals surface area contributed by atoms with E-state index in [1.807, 2.05) is 0 Å². The Morgan fingerprint density at radius 2 is 2.53 bits per heavy atom. The summed E-state index contributed by atoms with van der Waals surface area (Å²) in [6.45, 7) is 0.619. The molecule has 7 nitrogen and oxygen atoms in total. The first-order valence-corrected chi connectivity index (χ1v) is 4.28. The summed E-state index contributed by atoms with van der Waals surface area (Å²) in [5, 5.41) is 21.1. The first-order chi connectivity index (χ1) is 6.68. The minimum atomic E-state index is -0.871. The molecular weight excluding hydrogens is 224 g/mol. The number of rotatable bonds is 2. The molecule has 15 heavy (non-hydrogen) atoms. The summed E-state index contributed by atoms with van der Waals surface area (Å²) in [5.41, 5.74) is -0.0824. The predicted molar refractivity (Wildman–Crippen MR) is 49.1 cm³/mol. The summed E-state index contributed by atoms with van der Waals surface area (Å²) >= 11 is 0. The highest BCUT2D eigenvalue weighted by molar-refractivity contribution is 5.85. The molecule has 1 fully saturated rings. The van der Waals surface area contributed by atoms with E-state index in [0.717, 1.165) is 6.42 Å². The lowest BCUT2D eigenvalue weighted by Gasteiger charge is -2.20. The molecule has 1 aromatic heterocycles. The lowest BCUT2D eigenvalue weighted by atomic mass is 10.2. The summed E-state index contributed by atoms with van der Waals surface area (Å²) in [7, 11) is 0. The Hall–Kier alpha value is -1.50. The van der Waals surface area contributed by atoms with E-state index in [0.29, 0.717) is 13.0 Å². The molecule has 1 saturated heterocycles. The molecule has 0 radical (unpaired) electrons. The number of aromatic nitrogens is 2. The van der Waals surface area contributed by atoms with Crippen LogP contribution in [0.3, 0.4) is 0 Å². The zero-order chi connectivity index (χ0) is 10.1. The standard InChI is InChI=1S/C7H10N4O3.ClH/c8-6-4-11(9-14-6)10-3-1-2-5(10)7(12)13;/h4-5,8H,1-3H2,(H,12,13);1H/t5-;/m0./s1. The van der Waals surface area contributed by atoms with Gasteiger partial charge in [0.25, 0.3) is 11.8 Å². The summed E-state index contributed by atoms with van der Waals surface area (Å²) in [4.78, 5) is 12.1. The highest BCUT2D eigenvalue weighted by atomic mass is 35.5. The van der Waals surface area contributed by atoms with E-state index in [1.54, 1.807) is 5.01 Å². The molecule has 0 aromatic carbocycles. The molecule has 84 valence electrons. The molecule has 1 aliphatic heterocycles. The van der Waals surface area contributed by atoms with Crippen molar-refractivity contribution in [1.82, 2.24) is 5.27 Å². The van der Waals surface area contributed by atoms with Crippen LogP contribution in [0.15, 0.2) is 10.7 Å². The van der Waals surface area contributed by atoms with Crippen LogP contribution in [-0.4, -0.2) is 23.7 Å². The molecule has 1 aromatic rings. The van der Waals surface area contributed by atoms with E-state index < -0.39 is 12.0 Å². The second-order valence-corrected chi connectivity index (χ2v) is 3.15. The number of halogens is 1. The fraction of sp³-hybridized carbons (Fsp3) is 0.571. The van der Waals surface area contributed by atoms with Crippen LogP contribution < -0.4 is 20.6 Å². The molecule has 2 heterocycles. The van der Waals surface area contributed by atoms with Crippen LogP contribution in [0.4, 0.5) is 0 Å². The Balaban J connectivity index is 0.00000112. The van der Waals surface area contributed by atoms with Crippen molar-refractivity contribution < 1.29 is 19.2 Å². The molecule has 8 heteroatoms. The third-order valence-corrected chi connectivity index (χ3v) is 2.23. The van der Waals surface area contributed by atoms with Crippen molar-refractivity contribution in [2.75, 3.05) is 11.6 Å². The number of nitrogens with one attached hydrogen (secondary N) is 1. The number of nitrogens with zero attached hydrogens (tertiary/aromatic N) is 3. The second-order valence-electron chi connectivity index (χ2n) is 3.15. The Bertz CT molecular complexity index is 401. The van der Waals surface area contributed by atoms with Crippen LogP contribution in [0.1, 0.15) is 12.8 Å². The minimum absolute atomic E-state index is 0. The molecule has 0 aliphatic carbocycles. The maximum atomic E-state index is 10.8. The normalized spacial score (nSPS) is 20.0. The quantitative estimate of drug-likeness (QED) is 0.615. The number of hydrogen-bond donors (Lipinski definition) is 2. The summed E-state index contributed by atoms with van der Waals surface area (Å²) < 4.78 is 4.55. The molecule has 0 unspecified atom stereocenters. The van der Waals surface area contributed by atoms with Gasteiger partial charge in [0.1, 0.15) is 6.04 Å². The van der Waals surface area contributed by atoms with E-state index >= 15 is 0 Å². The van der Waals surface area contributed by atoms with Gasteiger partial charge in [-0.15, -0.1) is 12.4 Å². The summed E-state index contributed by atoms with van der Waals surface area (Å²) in [5.74, 6) is -0.871. The van der Waals surface area contributed by atoms with Gasteiger partial charge in [0.05, 0.1) is 0 Å². The summed E-state index contributed by atoms with van der Waals surface area (Å²) in [6, 6.07) is -0.565. The zero-order valence-corrected chi connectivity index (χ0v) is 8.61. The van der Waals surface area contributed by atoms with Gasteiger partial charge >= 0.3 is 5.97 Å². The van der Waals surface area contributed by atoms with Gasteiger partial charge < -0.3 is 9.63 Å². The van der Waals surface area contributed by atoms with Crippen molar-refractivity contribution in [2.45, 2.75) is 18.9 Å². The molecule has 2 N–H and O–H groups in total. The predicted octanol–water partition coefficient (Wildman–Crippen LogP) is -1.39. The van der Waals surface area contributed by atoms with Crippen molar-refractivity contribution in [1.29, 1.82) is 5.41 Å². The number of carboxylic acid groups (broad SMARTS) is 1. The first kappa shape index (κ1) is 11.6. The van der Waals surface area contributed by atoms with Crippen molar-refractivity contribution in [3.63, 3.8) is 0 Å². The van der Waals surface area contributed by atoms with Crippen molar-refractivity contribution >= 4 is 18.4 Å². The average Bonchev–Trinajstić information content (AvgIpc) is 2.70. The van der Waals surface area contributed by atoms with Crippen molar-refractivity contribution in [3.05, 3.63) is 11.8 Å². The average molecular weight is 235 g/mol. The zero-order valence-electron chi connectivity index (χ0n) is 7.79.